The van der Waals surface area contributed by atoms with Gasteiger partial charge in [0, 0.05) is 45.1 Å². The van der Waals surface area contributed by atoms with Crippen LogP contribution in [-0.2, 0) is 6.42 Å². The highest BCUT2D eigenvalue weighted by molar-refractivity contribution is 4.98. The summed E-state index contributed by atoms with van der Waals surface area (Å²) in [6.45, 7) is 7.76. The number of nitrogens with zero attached hydrogens (tertiary/aromatic N) is 4. The van der Waals surface area contributed by atoms with Crippen molar-refractivity contribution < 1.29 is 4.52 Å². The van der Waals surface area contributed by atoms with Crippen LogP contribution >= 0.6 is 0 Å². The van der Waals surface area contributed by atoms with E-state index in [0.717, 1.165) is 76.8 Å². The molecule has 0 amide bonds. The lowest BCUT2D eigenvalue weighted by molar-refractivity contribution is 0.152. The summed E-state index contributed by atoms with van der Waals surface area (Å²) in [6.07, 6.45) is 3.12. The maximum Gasteiger partial charge on any atom is 0.227 e. The highest BCUT2D eigenvalue weighted by Gasteiger charge is 2.21. The fourth-order valence-corrected chi connectivity index (χ4v) is 2.94. The molecule has 112 valence electrons. The standard InChI is InChI=1S/C14H25N5O/c1-18-8-10-19(11-9-18)7-4-13-16-14(17-20-13)12-2-5-15-6-3-12/h12,15H,2-11H2,1H3. The SMILES string of the molecule is CN1CCN(CCc2nc(C3CCNCC3)no2)CC1. The van der Waals surface area contributed by atoms with Gasteiger partial charge in [-0.3, -0.25) is 0 Å². The van der Waals surface area contributed by atoms with Crippen molar-refractivity contribution in [1.29, 1.82) is 0 Å². The highest BCUT2D eigenvalue weighted by Crippen LogP contribution is 2.22. The average Bonchev–Trinajstić information content (AvgIpc) is 2.97. The Labute approximate surface area is 120 Å². The minimum atomic E-state index is 0.484. The quantitative estimate of drug-likeness (QED) is 0.857. The third kappa shape index (κ3) is 3.56. The minimum Gasteiger partial charge on any atom is -0.339 e. The van der Waals surface area contributed by atoms with E-state index in [1.807, 2.05) is 0 Å². The molecule has 3 rings (SSSR count). The Hall–Kier alpha value is -0.980. The van der Waals surface area contributed by atoms with Crippen LogP contribution in [0.1, 0.15) is 30.5 Å². The van der Waals surface area contributed by atoms with Crippen LogP contribution in [0.5, 0.6) is 0 Å². The molecule has 0 atom stereocenters. The number of likely N-dealkylation sites (N-methyl/N-ethyl adjacent to an activating group) is 1. The van der Waals surface area contributed by atoms with Crippen LogP contribution in [0.2, 0.25) is 0 Å². The predicted molar refractivity (Wildman–Crippen MR) is 76.8 cm³/mol. The number of hydrogen-bond donors (Lipinski definition) is 1. The average molecular weight is 279 g/mol. The number of aromatic nitrogens is 2. The van der Waals surface area contributed by atoms with Gasteiger partial charge in [0.15, 0.2) is 5.82 Å². The molecule has 1 aromatic heterocycles. The van der Waals surface area contributed by atoms with Gasteiger partial charge >= 0.3 is 0 Å². The summed E-state index contributed by atoms with van der Waals surface area (Å²) in [6, 6.07) is 0. The molecule has 0 saturated carbocycles. The molecule has 3 heterocycles. The van der Waals surface area contributed by atoms with Gasteiger partial charge < -0.3 is 19.6 Å². The molecule has 1 N–H and O–H groups in total. The number of rotatable bonds is 4. The summed E-state index contributed by atoms with van der Waals surface area (Å²) >= 11 is 0. The fourth-order valence-electron chi connectivity index (χ4n) is 2.94. The van der Waals surface area contributed by atoms with Crippen molar-refractivity contribution in [2.45, 2.75) is 25.2 Å². The van der Waals surface area contributed by atoms with Gasteiger partial charge in [0.05, 0.1) is 0 Å². The summed E-state index contributed by atoms with van der Waals surface area (Å²) < 4.78 is 5.41. The van der Waals surface area contributed by atoms with Crippen LogP contribution in [-0.4, -0.2) is 72.8 Å². The zero-order chi connectivity index (χ0) is 13.8. The summed E-state index contributed by atoms with van der Waals surface area (Å²) in [5.41, 5.74) is 0. The molecule has 2 aliphatic rings. The van der Waals surface area contributed by atoms with E-state index < -0.39 is 0 Å². The van der Waals surface area contributed by atoms with Crippen LogP contribution in [0.4, 0.5) is 0 Å². The third-order valence-corrected chi connectivity index (χ3v) is 4.43. The Morgan fingerprint density at radius 1 is 1.20 bits per heavy atom. The Balaban J connectivity index is 1.47. The van der Waals surface area contributed by atoms with Crippen molar-refractivity contribution in [3.63, 3.8) is 0 Å². The fraction of sp³-hybridized carbons (Fsp3) is 0.857. The van der Waals surface area contributed by atoms with Gasteiger partial charge in [-0.05, 0) is 33.0 Å². The summed E-state index contributed by atoms with van der Waals surface area (Å²) in [5, 5.41) is 7.54. The van der Waals surface area contributed by atoms with Crippen molar-refractivity contribution in [2.75, 3.05) is 52.9 Å². The van der Waals surface area contributed by atoms with Crippen LogP contribution in [0.15, 0.2) is 4.52 Å². The maximum absolute atomic E-state index is 5.41. The minimum absolute atomic E-state index is 0.484. The van der Waals surface area contributed by atoms with Gasteiger partial charge in [0.2, 0.25) is 5.89 Å². The Kier molecular flexibility index (Phi) is 4.65. The van der Waals surface area contributed by atoms with Crippen molar-refractivity contribution in [3.8, 4) is 0 Å². The zero-order valence-corrected chi connectivity index (χ0v) is 12.3. The van der Waals surface area contributed by atoms with Crippen molar-refractivity contribution in [1.82, 2.24) is 25.3 Å². The van der Waals surface area contributed by atoms with Crippen LogP contribution in [0.3, 0.4) is 0 Å². The molecule has 0 unspecified atom stereocenters. The van der Waals surface area contributed by atoms with Crippen LogP contribution < -0.4 is 5.32 Å². The van der Waals surface area contributed by atoms with Crippen LogP contribution in [0, 0.1) is 0 Å². The molecule has 0 bridgehead atoms. The van der Waals surface area contributed by atoms with Gasteiger partial charge in [0.25, 0.3) is 0 Å². The van der Waals surface area contributed by atoms with Crippen molar-refractivity contribution >= 4 is 0 Å². The monoisotopic (exact) mass is 279 g/mol. The molecule has 0 spiro atoms. The first-order valence-electron chi connectivity index (χ1n) is 7.75. The van der Waals surface area contributed by atoms with Gasteiger partial charge in [0.1, 0.15) is 0 Å². The van der Waals surface area contributed by atoms with Gasteiger partial charge in [-0.25, -0.2) is 0 Å². The number of piperazine rings is 1. The highest BCUT2D eigenvalue weighted by atomic mass is 16.5. The molecule has 1 aromatic rings. The van der Waals surface area contributed by atoms with E-state index in [2.05, 4.69) is 32.3 Å². The second-order valence-corrected chi connectivity index (χ2v) is 5.97. The Morgan fingerprint density at radius 3 is 2.70 bits per heavy atom. The van der Waals surface area contributed by atoms with Crippen molar-refractivity contribution in [2.24, 2.45) is 0 Å². The first kappa shape index (κ1) is 14.0. The maximum atomic E-state index is 5.41. The number of nitrogens with one attached hydrogen (secondary N) is 1. The predicted octanol–water partition coefficient (Wildman–Crippen LogP) is 0.327. The molecule has 0 radical (unpaired) electrons. The van der Waals surface area contributed by atoms with E-state index in [1.54, 1.807) is 0 Å². The van der Waals surface area contributed by atoms with E-state index in [9.17, 15) is 0 Å². The summed E-state index contributed by atoms with van der Waals surface area (Å²) in [7, 11) is 2.18. The molecule has 2 saturated heterocycles. The van der Waals surface area contributed by atoms with E-state index in [1.165, 1.54) is 0 Å². The summed E-state index contributed by atoms with van der Waals surface area (Å²) in [5.74, 6) is 2.20. The normalized spacial score (nSPS) is 23.2. The van der Waals surface area contributed by atoms with E-state index in [-0.39, 0.29) is 0 Å². The van der Waals surface area contributed by atoms with Gasteiger partial charge in [-0.15, -0.1) is 0 Å². The lowest BCUT2D eigenvalue weighted by Crippen LogP contribution is -2.45. The molecule has 2 fully saturated rings. The lowest BCUT2D eigenvalue weighted by Gasteiger charge is -2.31. The lowest BCUT2D eigenvalue weighted by atomic mass is 9.98. The van der Waals surface area contributed by atoms with E-state index in [0.29, 0.717) is 5.92 Å². The summed E-state index contributed by atoms with van der Waals surface area (Å²) in [4.78, 5) is 9.44. The molecule has 6 heteroatoms. The Bertz CT molecular complexity index is 407. The van der Waals surface area contributed by atoms with Crippen LogP contribution in [0.25, 0.3) is 0 Å². The molecular formula is C14H25N5O. The first-order chi connectivity index (χ1) is 9.81. The smallest absolute Gasteiger partial charge is 0.227 e. The largest absolute Gasteiger partial charge is 0.339 e. The van der Waals surface area contributed by atoms with E-state index in [4.69, 9.17) is 4.52 Å². The zero-order valence-electron chi connectivity index (χ0n) is 12.3. The molecule has 0 aromatic carbocycles. The molecule has 2 aliphatic heterocycles. The molecule has 6 nitrogen and oxygen atoms in total. The molecule has 0 aliphatic carbocycles. The number of piperidine rings is 1. The van der Waals surface area contributed by atoms with Gasteiger partial charge in [-0.2, -0.15) is 4.98 Å². The third-order valence-electron chi connectivity index (χ3n) is 4.43. The van der Waals surface area contributed by atoms with Gasteiger partial charge in [-0.1, -0.05) is 5.16 Å². The topological polar surface area (TPSA) is 57.4 Å². The Morgan fingerprint density at radius 2 is 1.95 bits per heavy atom. The molecule has 20 heavy (non-hydrogen) atoms. The second-order valence-electron chi connectivity index (χ2n) is 5.97. The van der Waals surface area contributed by atoms with Crippen molar-refractivity contribution in [3.05, 3.63) is 11.7 Å². The molecular weight excluding hydrogens is 254 g/mol. The van der Waals surface area contributed by atoms with E-state index >= 15 is 0 Å². The second kappa shape index (κ2) is 6.65. The number of hydrogen-bond acceptors (Lipinski definition) is 6. The first-order valence-corrected chi connectivity index (χ1v) is 7.75.